The number of likely N-dealkylation sites (N-methyl/N-ethyl adjacent to an activating group) is 1. The number of hydrogen-bond donors (Lipinski definition) is 1. The minimum Gasteiger partial charge on any atom is -0.355 e. The second-order valence-corrected chi connectivity index (χ2v) is 9.60. The van der Waals surface area contributed by atoms with E-state index in [1.807, 2.05) is 50.2 Å². The predicted molar refractivity (Wildman–Crippen MR) is 145 cm³/mol. The van der Waals surface area contributed by atoms with Gasteiger partial charge in [-0.25, -0.2) is 0 Å². The Morgan fingerprint density at radius 1 is 1.00 bits per heavy atom. The summed E-state index contributed by atoms with van der Waals surface area (Å²) in [6.45, 7) is 4.70. The second kappa shape index (κ2) is 11.3. The molecule has 4 rings (SSSR count). The van der Waals surface area contributed by atoms with Crippen molar-refractivity contribution in [2.75, 3.05) is 18.0 Å². The molecule has 36 heavy (non-hydrogen) atoms. The van der Waals surface area contributed by atoms with Gasteiger partial charge in [-0.1, -0.05) is 60.5 Å². The number of carbonyl (C=O) groups is 3. The Kier molecular flexibility index (Phi) is 8.17. The zero-order valence-electron chi connectivity index (χ0n) is 20.4. The van der Waals surface area contributed by atoms with Crippen LogP contribution in [0.4, 0.5) is 5.69 Å². The van der Waals surface area contributed by atoms with E-state index in [2.05, 4.69) is 5.32 Å². The van der Waals surface area contributed by atoms with Crippen molar-refractivity contribution in [2.24, 2.45) is 0 Å². The van der Waals surface area contributed by atoms with E-state index in [1.165, 1.54) is 0 Å². The molecule has 188 valence electrons. The van der Waals surface area contributed by atoms with Gasteiger partial charge in [-0.15, -0.1) is 0 Å². The molecule has 1 aliphatic rings. The third kappa shape index (κ3) is 5.06. The van der Waals surface area contributed by atoms with Crippen molar-refractivity contribution in [1.29, 1.82) is 0 Å². The summed E-state index contributed by atoms with van der Waals surface area (Å²) < 4.78 is 0. The Bertz CT molecular complexity index is 1280. The average Bonchev–Trinajstić information content (AvgIpc) is 3.14. The molecular weight excluding hydrogens is 497 g/mol. The van der Waals surface area contributed by atoms with Crippen LogP contribution in [0.15, 0.2) is 54.6 Å². The third-order valence-corrected chi connectivity index (χ3v) is 7.26. The molecule has 3 amide bonds. The molecule has 0 spiro atoms. The molecule has 0 aromatic heterocycles. The van der Waals surface area contributed by atoms with Crippen LogP contribution in [-0.2, 0) is 16.1 Å². The Labute approximate surface area is 221 Å². The maximum Gasteiger partial charge on any atom is 0.258 e. The molecular formula is C28H29Cl2N3O3. The van der Waals surface area contributed by atoms with E-state index < -0.39 is 6.04 Å². The molecule has 3 aromatic carbocycles. The first-order chi connectivity index (χ1) is 17.4. The standard InChI is InChI=1S/C28H29Cl2N3O3/c1-3-23(27(35)31-4-2)33(17-20-21(29)12-7-13-22(20)30)25(34)15-8-16-32-24-14-6-10-18-9-5-11-19(26(18)24)28(32)36/h5-7,9-14,23H,3-4,8,15-17H2,1-2H3,(H,31,35). The number of halogens is 2. The summed E-state index contributed by atoms with van der Waals surface area (Å²) in [5.74, 6) is -0.456. The summed E-state index contributed by atoms with van der Waals surface area (Å²) in [6.07, 6.45) is 1.07. The lowest BCUT2D eigenvalue weighted by Crippen LogP contribution is -2.49. The van der Waals surface area contributed by atoms with Gasteiger partial charge in [0, 0.05) is 52.6 Å². The zero-order chi connectivity index (χ0) is 25.8. The fourth-order valence-electron chi connectivity index (χ4n) is 4.80. The molecule has 0 saturated heterocycles. The van der Waals surface area contributed by atoms with Gasteiger partial charge < -0.3 is 15.1 Å². The lowest BCUT2D eigenvalue weighted by molar-refractivity contribution is -0.141. The van der Waals surface area contributed by atoms with Crippen molar-refractivity contribution in [2.45, 2.75) is 45.7 Å². The van der Waals surface area contributed by atoms with Gasteiger partial charge in [0.15, 0.2) is 0 Å². The van der Waals surface area contributed by atoms with E-state index in [-0.39, 0.29) is 30.7 Å². The van der Waals surface area contributed by atoms with Crippen LogP contribution in [0.5, 0.6) is 0 Å². The van der Waals surface area contributed by atoms with Crippen LogP contribution in [-0.4, -0.2) is 41.8 Å². The normalized spacial score (nSPS) is 13.2. The summed E-state index contributed by atoms with van der Waals surface area (Å²) in [5.41, 5.74) is 2.16. The average molecular weight is 526 g/mol. The zero-order valence-corrected chi connectivity index (χ0v) is 21.9. The lowest BCUT2D eigenvalue weighted by atomic mass is 10.1. The second-order valence-electron chi connectivity index (χ2n) is 8.78. The molecule has 6 nitrogen and oxygen atoms in total. The summed E-state index contributed by atoms with van der Waals surface area (Å²) in [6, 6.07) is 16.1. The van der Waals surface area contributed by atoms with Crippen LogP contribution < -0.4 is 10.2 Å². The first-order valence-corrected chi connectivity index (χ1v) is 13.0. The van der Waals surface area contributed by atoms with E-state index in [4.69, 9.17) is 23.2 Å². The molecule has 1 heterocycles. The highest BCUT2D eigenvalue weighted by Gasteiger charge is 2.31. The Hall–Kier alpha value is -3.09. The maximum atomic E-state index is 13.5. The van der Waals surface area contributed by atoms with Crippen molar-refractivity contribution < 1.29 is 14.4 Å². The molecule has 1 unspecified atom stereocenters. The predicted octanol–water partition coefficient (Wildman–Crippen LogP) is 5.83. The first-order valence-electron chi connectivity index (χ1n) is 12.2. The van der Waals surface area contributed by atoms with E-state index in [0.29, 0.717) is 47.1 Å². The van der Waals surface area contributed by atoms with Crippen LogP contribution in [0.2, 0.25) is 10.0 Å². The van der Waals surface area contributed by atoms with Crippen molar-refractivity contribution in [1.82, 2.24) is 10.2 Å². The van der Waals surface area contributed by atoms with Crippen LogP contribution in [0.1, 0.15) is 49.0 Å². The third-order valence-electron chi connectivity index (χ3n) is 6.55. The smallest absolute Gasteiger partial charge is 0.258 e. The molecule has 0 aliphatic carbocycles. The molecule has 0 fully saturated rings. The maximum absolute atomic E-state index is 13.5. The van der Waals surface area contributed by atoms with Crippen LogP contribution in [0.25, 0.3) is 10.8 Å². The number of amides is 3. The van der Waals surface area contributed by atoms with Gasteiger partial charge in [0.25, 0.3) is 5.91 Å². The van der Waals surface area contributed by atoms with E-state index in [0.717, 1.165) is 16.5 Å². The summed E-state index contributed by atoms with van der Waals surface area (Å²) in [5, 5.41) is 5.68. The van der Waals surface area contributed by atoms with Gasteiger partial charge >= 0.3 is 0 Å². The van der Waals surface area contributed by atoms with Gasteiger partial charge in [-0.3, -0.25) is 14.4 Å². The molecule has 8 heteroatoms. The van der Waals surface area contributed by atoms with Crippen molar-refractivity contribution in [3.8, 4) is 0 Å². The summed E-state index contributed by atoms with van der Waals surface area (Å²) in [4.78, 5) is 42.7. The van der Waals surface area contributed by atoms with E-state index in [9.17, 15) is 14.4 Å². The fraction of sp³-hybridized carbons (Fsp3) is 0.321. The molecule has 3 aromatic rings. The quantitative estimate of drug-likeness (QED) is 0.362. The van der Waals surface area contributed by atoms with Crippen LogP contribution in [0.3, 0.4) is 0 Å². The van der Waals surface area contributed by atoms with Crippen LogP contribution >= 0.6 is 23.2 Å². The highest BCUT2D eigenvalue weighted by Crippen LogP contribution is 2.37. The highest BCUT2D eigenvalue weighted by molar-refractivity contribution is 6.36. The minimum absolute atomic E-state index is 0.0530. The molecule has 0 saturated carbocycles. The minimum atomic E-state index is -0.656. The van der Waals surface area contributed by atoms with Crippen molar-refractivity contribution in [3.05, 3.63) is 75.8 Å². The van der Waals surface area contributed by atoms with Gasteiger partial charge in [0.1, 0.15) is 6.04 Å². The first kappa shape index (κ1) is 26.0. The summed E-state index contributed by atoms with van der Waals surface area (Å²) in [7, 11) is 0. The highest BCUT2D eigenvalue weighted by atomic mass is 35.5. The van der Waals surface area contributed by atoms with E-state index in [1.54, 1.807) is 28.0 Å². The van der Waals surface area contributed by atoms with E-state index >= 15 is 0 Å². The monoisotopic (exact) mass is 525 g/mol. The number of nitrogens with zero attached hydrogens (tertiary/aromatic N) is 2. The summed E-state index contributed by atoms with van der Waals surface area (Å²) >= 11 is 12.8. The number of anilines is 1. The van der Waals surface area contributed by atoms with Gasteiger partial charge in [0.2, 0.25) is 11.8 Å². The molecule has 1 aliphatic heterocycles. The SMILES string of the molecule is CCNC(=O)C(CC)N(Cc1c(Cl)cccc1Cl)C(=O)CCCN1C(=O)c2cccc3cccc1c23. The molecule has 1 atom stereocenters. The molecule has 1 N–H and O–H groups in total. The molecule has 0 radical (unpaired) electrons. The van der Waals surface area contributed by atoms with Crippen molar-refractivity contribution in [3.63, 3.8) is 0 Å². The fourth-order valence-corrected chi connectivity index (χ4v) is 5.32. The van der Waals surface area contributed by atoms with Crippen molar-refractivity contribution >= 4 is 57.4 Å². The van der Waals surface area contributed by atoms with Gasteiger partial charge in [-0.05, 0) is 49.4 Å². The number of hydrogen-bond acceptors (Lipinski definition) is 3. The lowest BCUT2D eigenvalue weighted by Gasteiger charge is -2.31. The number of nitrogens with one attached hydrogen (secondary N) is 1. The topological polar surface area (TPSA) is 69.7 Å². The largest absolute Gasteiger partial charge is 0.355 e. The Morgan fingerprint density at radius 3 is 2.33 bits per heavy atom. The van der Waals surface area contributed by atoms with Gasteiger partial charge in [-0.2, -0.15) is 0 Å². The number of benzene rings is 3. The molecule has 0 bridgehead atoms. The number of carbonyl (C=O) groups excluding carboxylic acids is 3. The number of rotatable bonds is 10. The van der Waals surface area contributed by atoms with Crippen LogP contribution in [0, 0.1) is 0 Å². The Balaban J connectivity index is 1.51. The Morgan fingerprint density at radius 2 is 1.67 bits per heavy atom. The van der Waals surface area contributed by atoms with Gasteiger partial charge in [0.05, 0.1) is 5.69 Å².